The first-order valence-corrected chi connectivity index (χ1v) is 6.35. The second kappa shape index (κ2) is 5.18. The zero-order chi connectivity index (χ0) is 15.7. The summed E-state index contributed by atoms with van der Waals surface area (Å²) < 4.78 is 6.39. The molecule has 22 heavy (non-hydrogen) atoms. The number of nitro groups is 1. The molecule has 0 saturated carbocycles. The van der Waals surface area contributed by atoms with Crippen LogP contribution in [-0.4, -0.2) is 9.49 Å². The lowest BCUT2D eigenvalue weighted by Gasteiger charge is -2.03. The summed E-state index contributed by atoms with van der Waals surface area (Å²) in [5.41, 5.74) is 1.72. The molecular formula is C15H9N3O4. The first-order chi connectivity index (χ1) is 10.6. The summed E-state index contributed by atoms with van der Waals surface area (Å²) in [5.74, 6) is -0.599. The number of nitrogens with zero attached hydrogens (tertiary/aromatic N) is 3. The van der Waals surface area contributed by atoms with Crippen LogP contribution in [0.2, 0.25) is 0 Å². The van der Waals surface area contributed by atoms with Crippen molar-refractivity contribution in [3.63, 3.8) is 0 Å². The van der Waals surface area contributed by atoms with Gasteiger partial charge in [0.15, 0.2) is 5.58 Å². The van der Waals surface area contributed by atoms with Crippen molar-refractivity contribution in [2.24, 2.45) is 0 Å². The molecule has 0 N–H and O–H groups in total. The summed E-state index contributed by atoms with van der Waals surface area (Å²) >= 11 is 0. The van der Waals surface area contributed by atoms with Crippen molar-refractivity contribution in [1.29, 1.82) is 5.26 Å². The number of non-ortho nitro benzene ring substituents is 1. The van der Waals surface area contributed by atoms with Crippen molar-refractivity contribution in [3.05, 3.63) is 74.3 Å². The molecule has 0 fully saturated rings. The summed E-state index contributed by atoms with van der Waals surface area (Å²) in [7, 11) is 0. The molecule has 1 heterocycles. The van der Waals surface area contributed by atoms with E-state index in [2.05, 4.69) is 0 Å². The SMILES string of the molecule is N#Cc1cccc(Cn2c(=O)oc3ccc([N+](=O)[O-])cc32)c1. The Kier molecular flexibility index (Phi) is 3.20. The zero-order valence-electron chi connectivity index (χ0n) is 11.2. The molecule has 0 radical (unpaired) electrons. The fourth-order valence-electron chi connectivity index (χ4n) is 2.24. The molecule has 0 bridgehead atoms. The van der Waals surface area contributed by atoms with Crippen LogP contribution in [0.4, 0.5) is 5.69 Å². The van der Waals surface area contributed by atoms with Crippen LogP contribution >= 0.6 is 0 Å². The van der Waals surface area contributed by atoms with Gasteiger partial charge in [-0.25, -0.2) is 4.79 Å². The van der Waals surface area contributed by atoms with Crippen LogP contribution in [0.5, 0.6) is 0 Å². The lowest BCUT2D eigenvalue weighted by atomic mass is 10.1. The third kappa shape index (κ3) is 2.33. The van der Waals surface area contributed by atoms with E-state index >= 15 is 0 Å². The highest BCUT2D eigenvalue weighted by molar-refractivity contribution is 5.76. The number of oxazole rings is 1. The highest BCUT2D eigenvalue weighted by atomic mass is 16.6. The number of rotatable bonds is 3. The normalized spacial score (nSPS) is 10.5. The molecule has 7 nitrogen and oxygen atoms in total. The number of hydrogen-bond donors (Lipinski definition) is 0. The van der Waals surface area contributed by atoms with Gasteiger partial charge in [-0.3, -0.25) is 14.7 Å². The zero-order valence-corrected chi connectivity index (χ0v) is 11.2. The number of hydrogen-bond acceptors (Lipinski definition) is 5. The first-order valence-electron chi connectivity index (χ1n) is 6.35. The lowest BCUT2D eigenvalue weighted by Crippen LogP contribution is -2.14. The van der Waals surface area contributed by atoms with E-state index in [1.165, 1.54) is 22.8 Å². The number of nitro benzene ring substituents is 1. The molecule has 2 aromatic carbocycles. The third-order valence-corrected chi connectivity index (χ3v) is 3.26. The van der Waals surface area contributed by atoms with Gasteiger partial charge in [-0.15, -0.1) is 0 Å². The predicted molar refractivity (Wildman–Crippen MR) is 77.4 cm³/mol. The second-order valence-corrected chi connectivity index (χ2v) is 4.68. The second-order valence-electron chi connectivity index (χ2n) is 4.68. The number of fused-ring (bicyclic) bond motifs is 1. The summed E-state index contributed by atoms with van der Waals surface area (Å²) in [6.45, 7) is 0.169. The molecular weight excluding hydrogens is 286 g/mol. The third-order valence-electron chi connectivity index (χ3n) is 3.26. The monoisotopic (exact) mass is 295 g/mol. The molecule has 0 amide bonds. The quantitative estimate of drug-likeness (QED) is 0.545. The van der Waals surface area contributed by atoms with Crippen LogP contribution in [0.25, 0.3) is 11.1 Å². The Morgan fingerprint density at radius 2 is 2.09 bits per heavy atom. The van der Waals surface area contributed by atoms with Gasteiger partial charge in [0.1, 0.15) is 0 Å². The molecule has 0 atom stereocenters. The van der Waals surface area contributed by atoms with E-state index < -0.39 is 10.7 Å². The van der Waals surface area contributed by atoms with E-state index in [1.807, 2.05) is 6.07 Å². The Morgan fingerprint density at radius 3 is 2.82 bits per heavy atom. The van der Waals surface area contributed by atoms with Gasteiger partial charge >= 0.3 is 5.76 Å². The Labute approximate surface area is 123 Å². The maximum absolute atomic E-state index is 11.9. The smallest absolute Gasteiger partial charge is 0.408 e. The minimum absolute atomic E-state index is 0.118. The number of aromatic nitrogens is 1. The summed E-state index contributed by atoms with van der Waals surface area (Å²) in [6, 6.07) is 12.8. The van der Waals surface area contributed by atoms with Gasteiger partial charge in [0.2, 0.25) is 0 Å². The number of benzene rings is 2. The topological polar surface area (TPSA) is 102 Å². The Hall–Kier alpha value is -3.40. The van der Waals surface area contributed by atoms with Gasteiger partial charge in [0, 0.05) is 12.1 Å². The van der Waals surface area contributed by atoms with Crippen molar-refractivity contribution < 1.29 is 9.34 Å². The van der Waals surface area contributed by atoms with E-state index in [-0.39, 0.29) is 17.8 Å². The van der Waals surface area contributed by atoms with Crippen LogP contribution < -0.4 is 5.76 Å². The summed E-state index contributed by atoms with van der Waals surface area (Å²) in [6.07, 6.45) is 0. The average Bonchev–Trinajstić information content (AvgIpc) is 2.82. The fourth-order valence-corrected chi connectivity index (χ4v) is 2.24. The molecule has 0 aliphatic carbocycles. The molecule has 0 unspecified atom stereocenters. The molecule has 0 spiro atoms. The molecule has 108 valence electrons. The standard InChI is InChI=1S/C15H9N3O4/c16-8-10-2-1-3-11(6-10)9-17-13-7-12(18(20)21)4-5-14(13)22-15(17)19/h1-7H,9H2. The van der Waals surface area contributed by atoms with Crippen LogP contribution in [-0.2, 0) is 6.54 Å². The van der Waals surface area contributed by atoms with Gasteiger partial charge in [0.05, 0.1) is 28.6 Å². The Balaban J connectivity index is 2.11. The van der Waals surface area contributed by atoms with Gasteiger partial charge in [0.25, 0.3) is 5.69 Å². The maximum atomic E-state index is 11.9. The van der Waals surface area contributed by atoms with Crippen molar-refractivity contribution in [3.8, 4) is 6.07 Å². The van der Waals surface area contributed by atoms with Crippen molar-refractivity contribution in [2.45, 2.75) is 6.54 Å². The predicted octanol–water partition coefficient (Wildman–Crippen LogP) is 2.42. The van der Waals surface area contributed by atoms with Crippen LogP contribution in [0.1, 0.15) is 11.1 Å². The molecule has 0 aliphatic rings. The highest BCUT2D eigenvalue weighted by Gasteiger charge is 2.14. The number of nitriles is 1. The van der Waals surface area contributed by atoms with Crippen LogP contribution in [0, 0.1) is 21.4 Å². The Bertz CT molecular complexity index is 978. The highest BCUT2D eigenvalue weighted by Crippen LogP contribution is 2.21. The minimum Gasteiger partial charge on any atom is -0.408 e. The lowest BCUT2D eigenvalue weighted by molar-refractivity contribution is -0.384. The van der Waals surface area contributed by atoms with E-state index in [0.29, 0.717) is 11.1 Å². The fraction of sp³-hybridized carbons (Fsp3) is 0.0667. The van der Waals surface area contributed by atoms with Crippen LogP contribution in [0.3, 0.4) is 0 Å². The molecule has 7 heteroatoms. The first kappa shape index (κ1) is 13.6. The van der Waals surface area contributed by atoms with E-state index in [1.54, 1.807) is 24.3 Å². The minimum atomic E-state index is -0.599. The van der Waals surface area contributed by atoms with Gasteiger partial charge in [-0.2, -0.15) is 5.26 Å². The average molecular weight is 295 g/mol. The van der Waals surface area contributed by atoms with Gasteiger partial charge in [-0.05, 0) is 23.8 Å². The summed E-state index contributed by atoms with van der Waals surface area (Å²) in [4.78, 5) is 22.3. The van der Waals surface area contributed by atoms with Crippen LogP contribution in [0.15, 0.2) is 51.7 Å². The van der Waals surface area contributed by atoms with E-state index in [4.69, 9.17) is 9.68 Å². The molecule has 3 aromatic rings. The molecule has 0 saturated heterocycles. The van der Waals surface area contributed by atoms with Crippen molar-refractivity contribution in [2.75, 3.05) is 0 Å². The summed E-state index contributed by atoms with van der Waals surface area (Å²) in [5, 5.41) is 19.8. The van der Waals surface area contributed by atoms with Gasteiger partial charge < -0.3 is 4.42 Å². The molecule has 1 aromatic heterocycles. The molecule has 3 rings (SSSR count). The van der Waals surface area contributed by atoms with Crippen molar-refractivity contribution in [1.82, 2.24) is 4.57 Å². The van der Waals surface area contributed by atoms with E-state index in [0.717, 1.165) is 5.56 Å². The molecule has 0 aliphatic heterocycles. The van der Waals surface area contributed by atoms with E-state index in [9.17, 15) is 14.9 Å². The largest absolute Gasteiger partial charge is 0.420 e. The van der Waals surface area contributed by atoms with Gasteiger partial charge in [-0.1, -0.05) is 12.1 Å². The Morgan fingerprint density at radius 1 is 1.27 bits per heavy atom. The van der Waals surface area contributed by atoms with Crippen molar-refractivity contribution >= 4 is 16.8 Å². The maximum Gasteiger partial charge on any atom is 0.420 e.